The van der Waals surface area contributed by atoms with Crippen molar-refractivity contribution in [1.29, 1.82) is 0 Å². The summed E-state index contributed by atoms with van der Waals surface area (Å²) in [5.41, 5.74) is 3.29. The van der Waals surface area contributed by atoms with Crippen LogP contribution in [0.25, 0.3) is 11.3 Å². The molecule has 0 saturated heterocycles. The van der Waals surface area contributed by atoms with Crippen molar-refractivity contribution in [1.82, 2.24) is 15.3 Å². The zero-order valence-electron chi connectivity index (χ0n) is 19.6. The third-order valence-electron chi connectivity index (χ3n) is 4.88. The second-order valence-electron chi connectivity index (χ2n) is 8.77. The Hall–Kier alpha value is -3.61. The number of hydrogen-bond donors (Lipinski definition) is 2. The Labute approximate surface area is 194 Å². The van der Waals surface area contributed by atoms with Gasteiger partial charge in [-0.2, -0.15) is 0 Å². The van der Waals surface area contributed by atoms with Gasteiger partial charge in [-0.15, -0.1) is 0 Å². The molecule has 7 nitrogen and oxygen atoms in total. The van der Waals surface area contributed by atoms with Gasteiger partial charge in [0, 0.05) is 41.8 Å². The van der Waals surface area contributed by atoms with E-state index in [1.54, 1.807) is 25.4 Å². The first-order chi connectivity index (χ1) is 15.7. The van der Waals surface area contributed by atoms with Crippen LogP contribution in [0, 0.1) is 0 Å². The molecule has 1 atom stereocenters. The van der Waals surface area contributed by atoms with E-state index in [4.69, 9.17) is 9.47 Å². The Morgan fingerprint density at radius 1 is 1.06 bits per heavy atom. The Balaban J connectivity index is 1.91. The fourth-order valence-corrected chi connectivity index (χ4v) is 3.53. The molecule has 1 amide bonds. The molecule has 0 spiro atoms. The lowest BCUT2D eigenvalue weighted by Crippen LogP contribution is -2.41. The van der Waals surface area contributed by atoms with Crippen molar-refractivity contribution in [2.45, 2.75) is 52.2 Å². The van der Waals surface area contributed by atoms with Crippen molar-refractivity contribution in [3.8, 4) is 11.3 Å². The number of carbonyl (C=O) groups is 2. The predicted molar refractivity (Wildman–Crippen MR) is 127 cm³/mol. The number of rotatable bonds is 8. The Morgan fingerprint density at radius 2 is 1.76 bits per heavy atom. The molecule has 0 aliphatic carbocycles. The average molecular weight is 450 g/mol. The fourth-order valence-electron chi connectivity index (χ4n) is 3.53. The Morgan fingerprint density at radius 3 is 2.39 bits per heavy atom. The first-order valence-electron chi connectivity index (χ1n) is 11.1. The van der Waals surface area contributed by atoms with Gasteiger partial charge in [0.25, 0.3) is 0 Å². The number of pyridine rings is 1. The van der Waals surface area contributed by atoms with Crippen molar-refractivity contribution < 1.29 is 19.1 Å². The zero-order valence-corrected chi connectivity index (χ0v) is 19.6. The highest BCUT2D eigenvalue weighted by molar-refractivity contribution is 5.92. The normalized spacial score (nSPS) is 12.1. The lowest BCUT2D eigenvalue weighted by molar-refractivity contribution is 0.0503. The van der Waals surface area contributed by atoms with Gasteiger partial charge >= 0.3 is 12.1 Å². The van der Waals surface area contributed by atoms with Crippen molar-refractivity contribution in [2.24, 2.45) is 0 Å². The minimum Gasteiger partial charge on any atom is -0.462 e. The minimum atomic E-state index is -0.613. The van der Waals surface area contributed by atoms with E-state index >= 15 is 0 Å². The summed E-state index contributed by atoms with van der Waals surface area (Å²) in [5, 5.41) is 2.97. The maximum Gasteiger partial charge on any atom is 0.407 e. The van der Waals surface area contributed by atoms with E-state index in [9.17, 15) is 9.59 Å². The van der Waals surface area contributed by atoms with E-state index in [2.05, 4.69) is 15.3 Å². The Kier molecular flexibility index (Phi) is 7.87. The molecule has 0 saturated carbocycles. The molecule has 0 fully saturated rings. The summed E-state index contributed by atoms with van der Waals surface area (Å²) in [5.74, 6) is -0.403. The number of aromatic amines is 1. The predicted octanol–water partition coefficient (Wildman–Crippen LogP) is 4.93. The number of benzene rings is 1. The summed E-state index contributed by atoms with van der Waals surface area (Å²) in [6.07, 6.45) is 3.87. The van der Waals surface area contributed by atoms with Gasteiger partial charge < -0.3 is 19.8 Å². The van der Waals surface area contributed by atoms with Crippen LogP contribution in [0.2, 0.25) is 0 Å². The first kappa shape index (κ1) is 24.0. The quantitative estimate of drug-likeness (QED) is 0.476. The van der Waals surface area contributed by atoms with Crippen LogP contribution in [0.3, 0.4) is 0 Å². The summed E-state index contributed by atoms with van der Waals surface area (Å²) in [6.45, 7) is 7.52. The molecule has 0 bridgehead atoms. The maximum absolute atomic E-state index is 12.7. The van der Waals surface area contributed by atoms with Crippen molar-refractivity contribution >= 4 is 12.1 Å². The second-order valence-corrected chi connectivity index (χ2v) is 8.77. The third-order valence-corrected chi connectivity index (χ3v) is 4.88. The van der Waals surface area contributed by atoms with Crippen LogP contribution in [-0.2, 0) is 22.3 Å². The summed E-state index contributed by atoms with van der Waals surface area (Å²) >= 11 is 0. The number of alkyl carbamates (subject to hydrolysis) is 1. The minimum absolute atomic E-state index is 0.275. The summed E-state index contributed by atoms with van der Waals surface area (Å²) in [6, 6.07) is 15.1. The molecule has 2 heterocycles. The number of ether oxygens (including phenoxy) is 2. The molecule has 0 radical (unpaired) electrons. The van der Waals surface area contributed by atoms with Crippen molar-refractivity contribution in [3.63, 3.8) is 0 Å². The highest BCUT2D eigenvalue weighted by atomic mass is 16.6. The highest BCUT2D eigenvalue weighted by Gasteiger charge is 2.24. The molecule has 1 aromatic carbocycles. The topological polar surface area (TPSA) is 93.3 Å². The molecular formula is C26H31N3O4. The number of nitrogens with zero attached hydrogens (tertiary/aromatic N) is 1. The molecule has 174 valence electrons. The van der Waals surface area contributed by atoms with Crippen molar-refractivity contribution in [3.05, 3.63) is 77.7 Å². The van der Waals surface area contributed by atoms with Crippen LogP contribution in [0.4, 0.5) is 4.79 Å². The number of carbonyl (C=O) groups excluding carboxylic acids is 2. The molecule has 3 rings (SSSR count). The summed E-state index contributed by atoms with van der Waals surface area (Å²) < 4.78 is 10.8. The molecule has 7 heteroatoms. The van der Waals surface area contributed by atoms with Crippen LogP contribution in [-0.4, -0.2) is 40.3 Å². The zero-order chi connectivity index (χ0) is 23.8. The molecule has 3 aromatic rings. The Bertz CT molecular complexity index is 1060. The second kappa shape index (κ2) is 10.8. The lowest BCUT2D eigenvalue weighted by atomic mass is 10.0. The smallest absolute Gasteiger partial charge is 0.407 e. The first-order valence-corrected chi connectivity index (χ1v) is 11.1. The largest absolute Gasteiger partial charge is 0.462 e. The molecule has 2 aromatic heterocycles. The molecular weight excluding hydrogens is 418 g/mol. The van der Waals surface area contributed by atoms with Gasteiger partial charge in [0.15, 0.2) is 0 Å². The van der Waals surface area contributed by atoms with Gasteiger partial charge in [-0.25, -0.2) is 9.59 Å². The van der Waals surface area contributed by atoms with E-state index in [1.807, 2.05) is 63.2 Å². The standard InChI is InChI=1S/C26H31N3O4/c1-5-32-24(30)21-17-22(19-11-13-27-14-12-19)29-23(21)16-20(15-18-9-7-6-8-10-18)28-25(31)33-26(2,3)4/h6-14,17,20,29H,5,15-16H2,1-4H3,(H,28,31). The maximum atomic E-state index is 12.7. The fraction of sp³-hybridized carbons (Fsp3) is 0.346. The van der Waals surface area contributed by atoms with Gasteiger partial charge in [-0.3, -0.25) is 4.98 Å². The van der Waals surface area contributed by atoms with Gasteiger partial charge in [0.2, 0.25) is 0 Å². The molecule has 0 aliphatic rings. The van der Waals surface area contributed by atoms with Crippen molar-refractivity contribution in [2.75, 3.05) is 6.61 Å². The number of nitrogens with one attached hydrogen (secondary N) is 2. The highest BCUT2D eigenvalue weighted by Crippen LogP contribution is 2.24. The molecule has 2 N–H and O–H groups in total. The van der Waals surface area contributed by atoms with E-state index < -0.39 is 17.7 Å². The van der Waals surface area contributed by atoms with Gasteiger partial charge in [-0.05, 0) is 57.9 Å². The van der Waals surface area contributed by atoms with E-state index in [0.717, 1.165) is 16.8 Å². The number of esters is 1. The SMILES string of the molecule is CCOC(=O)c1cc(-c2ccncc2)[nH]c1CC(Cc1ccccc1)NC(=O)OC(C)(C)C. The van der Waals surface area contributed by atoms with Crippen LogP contribution in [0.1, 0.15) is 49.3 Å². The van der Waals surface area contributed by atoms with E-state index in [-0.39, 0.29) is 12.6 Å². The number of H-pyrrole nitrogens is 1. The number of amides is 1. The molecule has 33 heavy (non-hydrogen) atoms. The number of hydrogen-bond acceptors (Lipinski definition) is 5. The van der Waals surface area contributed by atoms with Gasteiger partial charge in [-0.1, -0.05) is 30.3 Å². The molecule has 0 aliphatic heterocycles. The van der Waals surface area contributed by atoms with Crippen LogP contribution in [0.5, 0.6) is 0 Å². The average Bonchev–Trinajstić information content (AvgIpc) is 3.18. The summed E-state index contributed by atoms with van der Waals surface area (Å²) in [4.78, 5) is 32.7. The summed E-state index contributed by atoms with van der Waals surface area (Å²) in [7, 11) is 0. The molecule has 1 unspecified atom stereocenters. The third kappa shape index (κ3) is 7.20. The van der Waals surface area contributed by atoms with Crippen LogP contribution < -0.4 is 5.32 Å². The lowest BCUT2D eigenvalue weighted by Gasteiger charge is -2.24. The number of aromatic nitrogens is 2. The monoisotopic (exact) mass is 449 g/mol. The van der Waals surface area contributed by atoms with Crippen LogP contribution in [0.15, 0.2) is 60.9 Å². The van der Waals surface area contributed by atoms with E-state index in [0.29, 0.717) is 24.1 Å². The van der Waals surface area contributed by atoms with Gasteiger partial charge in [0.05, 0.1) is 12.2 Å². The van der Waals surface area contributed by atoms with Crippen LogP contribution >= 0.6 is 0 Å². The van der Waals surface area contributed by atoms with Gasteiger partial charge in [0.1, 0.15) is 5.60 Å². The van der Waals surface area contributed by atoms with E-state index in [1.165, 1.54) is 0 Å².